The van der Waals surface area contributed by atoms with Gasteiger partial charge in [0, 0.05) is 44.6 Å². The highest BCUT2D eigenvalue weighted by atomic mass is 79.9. The monoisotopic (exact) mass is 595 g/mol. The third kappa shape index (κ3) is 4.76. The molecule has 6 aromatic rings. The number of carboxylic acid groups (broad SMARTS) is 1. The van der Waals surface area contributed by atoms with Crippen LogP contribution in [0.4, 0.5) is 0 Å². The lowest BCUT2D eigenvalue weighted by Crippen LogP contribution is -2.04. The van der Waals surface area contributed by atoms with Crippen LogP contribution in [0.15, 0.2) is 94.1 Å². The first-order valence-corrected chi connectivity index (χ1v) is 13.3. The van der Waals surface area contributed by atoms with Crippen molar-refractivity contribution in [2.24, 2.45) is 0 Å². The van der Waals surface area contributed by atoms with Gasteiger partial charge in [-0.2, -0.15) is 0 Å². The van der Waals surface area contributed by atoms with Gasteiger partial charge in [-0.05, 0) is 72.8 Å². The lowest BCUT2D eigenvalue weighted by molar-refractivity contribution is -0.136. The average Bonchev–Trinajstić information content (AvgIpc) is 3.64. The van der Waals surface area contributed by atoms with Gasteiger partial charge in [-0.1, -0.05) is 15.9 Å². The van der Waals surface area contributed by atoms with E-state index in [4.69, 9.17) is 24.2 Å². The Balaban J connectivity index is 1.57. The van der Waals surface area contributed by atoms with Crippen LogP contribution in [0.25, 0.3) is 50.3 Å². The fraction of sp³-hybridized carbons (Fsp3) is 0.0968. The van der Waals surface area contributed by atoms with Gasteiger partial charge in [-0.15, -0.1) is 0 Å². The predicted octanol–water partition coefficient (Wildman–Crippen LogP) is 7.32. The summed E-state index contributed by atoms with van der Waals surface area (Å²) in [6, 6.07) is 22.9. The van der Waals surface area contributed by atoms with E-state index in [9.17, 15) is 9.59 Å². The molecule has 0 aliphatic carbocycles. The third-order valence-electron chi connectivity index (χ3n) is 6.70. The number of fused-ring (bicyclic) bond motifs is 2. The maximum atomic E-state index is 13.1. The van der Waals surface area contributed by atoms with Crippen molar-refractivity contribution in [1.29, 1.82) is 0 Å². The standard InChI is InChI=1S/C31H22BrN3O5/c1-39-21-8-4-18(5-9-21)30-23-15-19(28-3-2-14-40-28)6-10-25(23)33-31(34-30)35-17-24(27(36)12-13-29(37)38)22-16-20(32)7-11-26(22)35/h2-11,14-17H,12-13H2,1H3,(H,37,38). The molecule has 198 valence electrons. The molecule has 40 heavy (non-hydrogen) atoms. The van der Waals surface area contributed by atoms with Crippen LogP contribution < -0.4 is 4.74 Å². The first-order chi connectivity index (χ1) is 19.4. The van der Waals surface area contributed by atoms with Gasteiger partial charge in [0.05, 0.1) is 36.5 Å². The number of nitrogens with zero attached hydrogens (tertiary/aromatic N) is 3. The number of furan rings is 1. The Hall–Kier alpha value is -4.76. The van der Waals surface area contributed by atoms with Crippen LogP contribution in [0.3, 0.4) is 0 Å². The Bertz CT molecular complexity index is 1890. The zero-order chi connectivity index (χ0) is 27.8. The number of methoxy groups -OCH3 is 1. The third-order valence-corrected chi connectivity index (χ3v) is 7.19. The summed E-state index contributed by atoms with van der Waals surface area (Å²) in [5.74, 6) is 0.564. The molecule has 8 nitrogen and oxygen atoms in total. The number of aromatic nitrogens is 3. The van der Waals surface area contributed by atoms with Crippen LogP contribution in [-0.4, -0.2) is 38.5 Å². The molecule has 0 aliphatic heterocycles. The van der Waals surface area contributed by atoms with Crippen LogP contribution in [0.5, 0.6) is 5.75 Å². The molecule has 3 heterocycles. The molecule has 0 bridgehead atoms. The molecule has 9 heteroatoms. The molecule has 0 aliphatic rings. The Labute approximate surface area is 237 Å². The number of carboxylic acids is 1. The van der Waals surface area contributed by atoms with Crippen LogP contribution in [-0.2, 0) is 4.79 Å². The highest BCUT2D eigenvalue weighted by Crippen LogP contribution is 2.34. The quantitative estimate of drug-likeness (QED) is 0.184. The van der Waals surface area contributed by atoms with E-state index in [-0.39, 0.29) is 18.6 Å². The van der Waals surface area contributed by atoms with E-state index in [1.807, 2.05) is 72.8 Å². The number of rotatable bonds is 8. The van der Waals surface area contributed by atoms with Crippen molar-refractivity contribution in [2.45, 2.75) is 12.8 Å². The van der Waals surface area contributed by atoms with Gasteiger partial charge < -0.3 is 14.3 Å². The molecular weight excluding hydrogens is 574 g/mol. The van der Waals surface area contributed by atoms with E-state index in [0.29, 0.717) is 28.1 Å². The summed E-state index contributed by atoms with van der Waals surface area (Å²) in [7, 11) is 1.62. The van der Waals surface area contributed by atoms with Gasteiger partial charge in [-0.25, -0.2) is 9.97 Å². The highest BCUT2D eigenvalue weighted by Gasteiger charge is 2.20. The molecular formula is C31H22BrN3O5. The molecule has 0 unspecified atom stereocenters. The molecule has 6 rings (SSSR count). The number of carbonyl (C=O) groups is 2. The number of Topliss-reactive ketones (excluding diaryl/α,β-unsaturated/α-hetero) is 1. The fourth-order valence-electron chi connectivity index (χ4n) is 4.73. The molecule has 3 aromatic carbocycles. The van der Waals surface area contributed by atoms with Crippen molar-refractivity contribution < 1.29 is 23.8 Å². The molecule has 0 saturated carbocycles. The molecule has 3 aromatic heterocycles. The number of hydrogen-bond donors (Lipinski definition) is 1. The van der Waals surface area contributed by atoms with Gasteiger partial charge in [0.25, 0.3) is 0 Å². The van der Waals surface area contributed by atoms with Crippen molar-refractivity contribution >= 4 is 49.5 Å². The van der Waals surface area contributed by atoms with E-state index in [2.05, 4.69) is 15.9 Å². The number of aliphatic carboxylic acids is 1. The minimum atomic E-state index is -1.02. The molecule has 0 fully saturated rings. The smallest absolute Gasteiger partial charge is 0.303 e. The minimum Gasteiger partial charge on any atom is -0.497 e. The lowest BCUT2D eigenvalue weighted by atomic mass is 10.0. The van der Waals surface area contributed by atoms with E-state index >= 15 is 0 Å². The number of hydrogen-bond acceptors (Lipinski definition) is 6. The molecule has 0 amide bonds. The summed E-state index contributed by atoms with van der Waals surface area (Å²) >= 11 is 3.49. The Kier molecular flexibility index (Phi) is 6.65. The summed E-state index contributed by atoms with van der Waals surface area (Å²) in [4.78, 5) is 34.1. The molecule has 0 atom stereocenters. The van der Waals surface area contributed by atoms with Crippen LogP contribution in [0.1, 0.15) is 23.2 Å². The van der Waals surface area contributed by atoms with Gasteiger partial charge in [-0.3, -0.25) is 14.2 Å². The fourth-order valence-corrected chi connectivity index (χ4v) is 5.10. The Morgan fingerprint density at radius 3 is 2.48 bits per heavy atom. The van der Waals surface area contributed by atoms with Gasteiger partial charge in [0.2, 0.25) is 5.95 Å². The topological polar surface area (TPSA) is 107 Å². The molecule has 0 spiro atoms. The van der Waals surface area contributed by atoms with Crippen molar-refractivity contribution in [3.05, 3.63) is 95.3 Å². The zero-order valence-electron chi connectivity index (χ0n) is 21.3. The van der Waals surface area contributed by atoms with E-state index < -0.39 is 5.97 Å². The van der Waals surface area contributed by atoms with Crippen molar-refractivity contribution in [2.75, 3.05) is 7.11 Å². The largest absolute Gasteiger partial charge is 0.497 e. The first kappa shape index (κ1) is 25.5. The van der Waals surface area contributed by atoms with Gasteiger partial charge >= 0.3 is 5.97 Å². The second-order valence-electron chi connectivity index (χ2n) is 9.20. The Morgan fingerprint density at radius 1 is 0.950 bits per heavy atom. The van der Waals surface area contributed by atoms with Crippen molar-refractivity contribution in [1.82, 2.24) is 14.5 Å². The lowest BCUT2D eigenvalue weighted by Gasteiger charge is -2.12. The first-order valence-electron chi connectivity index (χ1n) is 12.5. The van der Waals surface area contributed by atoms with Crippen molar-refractivity contribution in [3.8, 4) is 34.3 Å². The van der Waals surface area contributed by atoms with Gasteiger partial charge in [0.15, 0.2) is 5.78 Å². The second kappa shape index (κ2) is 10.4. The highest BCUT2D eigenvalue weighted by molar-refractivity contribution is 9.10. The summed E-state index contributed by atoms with van der Waals surface area (Å²) in [6.45, 7) is 0. The van der Waals surface area contributed by atoms with Crippen LogP contribution in [0.2, 0.25) is 0 Å². The number of ether oxygens (including phenoxy) is 1. The minimum absolute atomic E-state index is 0.105. The molecule has 0 saturated heterocycles. The van der Waals surface area contributed by atoms with E-state index in [1.54, 1.807) is 24.1 Å². The molecule has 0 radical (unpaired) electrons. The number of carbonyl (C=O) groups excluding carboxylic acids is 1. The summed E-state index contributed by atoms with van der Waals surface area (Å²) in [6.07, 6.45) is 2.98. The number of ketones is 1. The summed E-state index contributed by atoms with van der Waals surface area (Å²) < 4.78 is 13.6. The SMILES string of the molecule is COc1ccc(-c2nc(-n3cc(C(=O)CCC(=O)O)c4cc(Br)ccc43)nc3ccc(-c4ccco4)cc23)cc1. The van der Waals surface area contributed by atoms with E-state index in [1.165, 1.54) is 0 Å². The predicted molar refractivity (Wildman–Crippen MR) is 155 cm³/mol. The summed E-state index contributed by atoms with van der Waals surface area (Å²) in [5.41, 5.74) is 4.32. The second-order valence-corrected chi connectivity index (χ2v) is 10.1. The average molecular weight is 596 g/mol. The van der Waals surface area contributed by atoms with E-state index in [0.717, 1.165) is 38.0 Å². The maximum absolute atomic E-state index is 13.1. The number of halogens is 1. The summed E-state index contributed by atoms with van der Waals surface area (Å²) in [5, 5.41) is 10.6. The molecule has 1 N–H and O–H groups in total. The van der Waals surface area contributed by atoms with Crippen LogP contribution >= 0.6 is 15.9 Å². The zero-order valence-corrected chi connectivity index (χ0v) is 22.9. The van der Waals surface area contributed by atoms with Crippen molar-refractivity contribution in [3.63, 3.8) is 0 Å². The Morgan fingerprint density at radius 2 is 1.75 bits per heavy atom. The number of benzene rings is 3. The normalized spacial score (nSPS) is 11.2. The van der Waals surface area contributed by atoms with Gasteiger partial charge in [0.1, 0.15) is 11.5 Å². The van der Waals surface area contributed by atoms with Crippen LogP contribution in [0, 0.1) is 0 Å². The maximum Gasteiger partial charge on any atom is 0.303 e.